The Labute approximate surface area is 103 Å². The van der Waals surface area contributed by atoms with Crippen molar-refractivity contribution in [3.05, 3.63) is 34.7 Å². The highest BCUT2D eigenvalue weighted by Gasteiger charge is 2.58. The van der Waals surface area contributed by atoms with E-state index in [1.54, 1.807) is 6.07 Å². The lowest BCUT2D eigenvalue weighted by Crippen LogP contribution is -2.18. The Bertz CT molecular complexity index is 621. The van der Waals surface area contributed by atoms with Crippen LogP contribution in [0.5, 0.6) is 0 Å². The van der Waals surface area contributed by atoms with E-state index in [2.05, 4.69) is 10.3 Å². The summed E-state index contributed by atoms with van der Waals surface area (Å²) in [5.41, 5.74) is 2.31. The van der Waals surface area contributed by atoms with Gasteiger partial charge in [0.15, 0.2) is 0 Å². The molecule has 1 unspecified atom stereocenters. The Morgan fingerprint density at radius 1 is 1.41 bits per heavy atom. The maximum absolute atomic E-state index is 13.5. The number of fused-ring (bicyclic) bond motifs is 2. The Hall–Kier alpha value is -1.06. The summed E-state index contributed by atoms with van der Waals surface area (Å²) in [6.45, 7) is 2.08. The number of benzene rings is 1. The van der Waals surface area contributed by atoms with Crippen molar-refractivity contribution in [2.24, 2.45) is 5.92 Å². The van der Waals surface area contributed by atoms with Crippen molar-refractivity contribution in [2.45, 2.75) is 11.8 Å². The number of H-pyrrole nitrogens is 1. The summed E-state index contributed by atoms with van der Waals surface area (Å²) in [5.74, 6) is 0.450. The normalized spacial score (nSPS) is 30.8. The molecule has 4 rings (SSSR count). The van der Waals surface area contributed by atoms with E-state index in [0.29, 0.717) is 10.9 Å². The number of hydrogen-bond donors (Lipinski definition) is 2. The molecular formula is C13H12ClFN2. The molecule has 1 aromatic carbocycles. The zero-order valence-corrected chi connectivity index (χ0v) is 9.94. The van der Waals surface area contributed by atoms with Gasteiger partial charge >= 0.3 is 0 Å². The van der Waals surface area contributed by atoms with Gasteiger partial charge in [-0.25, -0.2) is 4.39 Å². The summed E-state index contributed by atoms with van der Waals surface area (Å²) < 4.78 is 13.5. The smallest absolute Gasteiger partial charge is 0.125 e. The van der Waals surface area contributed by atoms with Crippen molar-refractivity contribution in [3.8, 4) is 0 Å². The largest absolute Gasteiger partial charge is 0.360 e. The number of aromatic amines is 1. The van der Waals surface area contributed by atoms with Gasteiger partial charge in [-0.2, -0.15) is 0 Å². The zero-order valence-electron chi connectivity index (χ0n) is 9.19. The van der Waals surface area contributed by atoms with Crippen LogP contribution in [0.3, 0.4) is 0 Å². The maximum Gasteiger partial charge on any atom is 0.125 e. The van der Waals surface area contributed by atoms with E-state index < -0.39 is 0 Å². The van der Waals surface area contributed by atoms with Gasteiger partial charge in [0.25, 0.3) is 0 Å². The van der Waals surface area contributed by atoms with Gasteiger partial charge in [-0.15, -0.1) is 0 Å². The Kier molecular flexibility index (Phi) is 1.77. The monoisotopic (exact) mass is 250 g/mol. The van der Waals surface area contributed by atoms with Gasteiger partial charge in [0.05, 0.1) is 10.5 Å². The molecule has 0 bridgehead atoms. The van der Waals surface area contributed by atoms with Gasteiger partial charge in [0.2, 0.25) is 0 Å². The summed E-state index contributed by atoms with van der Waals surface area (Å²) in [4.78, 5) is 3.19. The fraction of sp³-hybridized carbons (Fsp3) is 0.385. The third-order valence-corrected chi connectivity index (χ3v) is 4.60. The van der Waals surface area contributed by atoms with Crippen LogP contribution in [0.2, 0.25) is 5.02 Å². The summed E-state index contributed by atoms with van der Waals surface area (Å²) in [6.07, 6.45) is 3.21. The lowest BCUT2D eigenvalue weighted by Gasteiger charge is -2.10. The standard InChI is InChI=1S/C13H12ClFN2/c14-11-2-8(15)1-9-10(5-17-12(9)11)13-3-7(13)4-16-6-13/h1-2,5,7,16-17H,3-4,6H2/t7-,13?/m1/s1. The van der Waals surface area contributed by atoms with Crippen LogP contribution in [0.25, 0.3) is 10.9 Å². The summed E-state index contributed by atoms with van der Waals surface area (Å²) in [7, 11) is 0. The minimum Gasteiger partial charge on any atom is -0.360 e. The quantitative estimate of drug-likeness (QED) is 0.800. The van der Waals surface area contributed by atoms with Gasteiger partial charge in [-0.1, -0.05) is 11.6 Å². The molecular weight excluding hydrogens is 239 g/mol. The number of halogens is 2. The average molecular weight is 251 g/mol. The van der Waals surface area contributed by atoms with Crippen LogP contribution < -0.4 is 5.32 Å². The molecule has 2 nitrogen and oxygen atoms in total. The second kappa shape index (κ2) is 3.03. The van der Waals surface area contributed by atoms with Crippen LogP contribution in [0, 0.1) is 11.7 Å². The molecule has 2 aromatic rings. The fourth-order valence-corrected chi connectivity index (χ4v) is 3.59. The number of rotatable bonds is 1. The summed E-state index contributed by atoms with van der Waals surface area (Å²) in [6, 6.07) is 2.95. The van der Waals surface area contributed by atoms with E-state index in [9.17, 15) is 4.39 Å². The predicted molar refractivity (Wildman–Crippen MR) is 65.9 cm³/mol. The van der Waals surface area contributed by atoms with Crippen LogP contribution >= 0.6 is 11.6 Å². The molecule has 0 spiro atoms. The highest BCUT2D eigenvalue weighted by Crippen LogP contribution is 2.58. The van der Waals surface area contributed by atoms with Crippen LogP contribution in [0.1, 0.15) is 12.0 Å². The van der Waals surface area contributed by atoms with Crippen molar-refractivity contribution in [2.75, 3.05) is 13.1 Å². The highest BCUT2D eigenvalue weighted by atomic mass is 35.5. The van der Waals surface area contributed by atoms with Crippen molar-refractivity contribution in [3.63, 3.8) is 0 Å². The number of aromatic nitrogens is 1. The molecule has 0 radical (unpaired) electrons. The third kappa shape index (κ3) is 1.19. The van der Waals surface area contributed by atoms with Crippen LogP contribution in [0.4, 0.5) is 4.39 Å². The lowest BCUT2D eigenvalue weighted by atomic mass is 9.94. The molecule has 2 N–H and O–H groups in total. The van der Waals surface area contributed by atoms with Gasteiger partial charge in [-0.05, 0) is 36.6 Å². The molecule has 2 fully saturated rings. The first-order valence-electron chi connectivity index (χ1n) is 5.88. The molecule has 4 heteroatoms. The lowest BCUT2D eigenvalue weighted by molar-refractivity contribution is 0.629. The SMILES string of the molecule is Fc1cc(Cl)c2[nH]cc(C34CNC[C@H]3C4)c2c1. The second-order valence-corrected chi connectivity index (χ2v) is 5.61. The number of hydrogen-bond acceptors (Lipinski definition) is 1. The minimum absolute atomic E-state index is 0.232. The van der Waals surface area contributed by atoms with Crippen molar-refractivity contribution in [1.29, 1.82) is 0 Å². The van der Waals surface area contributed by atoms with E-state index in [1.165, 1.54) is 18.1 Å². The molecule has 1 aromatic heterocycles. The number of nitrogens with one attached hydrogen (secondary N) is 2. The van der Waals surface area contributed by atoms with E-state index in [0.717, 1.165) is 24.0 Å². The van der Waals surface area contributed by atoms with E-state index in [-0.39, 0.29) is 11.2 Å². The van der Waals surface area contributed by atoms with E-state index in [4.69, 9.17) is 11.6 Å². The highest BCUT2D eigenvalue weighted by molar-refractivity contribution is 6.35. The molecule has 0 amide bonds. The van der Waals surface area contributed by atoms with Gasteiger partial charge in [0.1, 0.15) is 5.82 Å². The molecule has 88 valence electrons. The first-order chi connectivity index (χ1) is 8.21. The van der Waals surface area contributed by atoms with Crippen molar-refractivity contribution < 1.29 is 4.39 Å². The zero-order chi connectivity index (χ0) is 11.6. The topological polar surface area (TPSA) is 27.8 Å². The molecule has 1 saturated carbocycles. The Morgan fingerprint density at radius 2 is 2.29 bits per heavy atom. The Balaban J connectivity index is 1.97. The van der Waals surface area contributed by atoms with E-state index in [1.807, 2.05) is 6.20 Å². The van der Waals surface area contributed by atoms with Crippen LogP contribution in [-0.2, 0) is 5.41 Å². The fourth-order valence-electron chi connectivity index (χ4n) is 3.33. The molecule has 1 aliphatic heterocycles. The van der Waals surface area contributed by atoms with Crippen LogP contribution in [-0.4, -0.2) is 18.1 Å². The molecule has 1 saturated heterocycles. The molecule has 2 aliphatic rings. The molecule has 2 atom stereocenters. The maximum atomic E-state index is 13.5. The summed E-state index contributed by atoms with van der Waals surface area (Å²) in [5, 5.41) is 4.81. The molecule has 2 heterocycles. The molecule has 1 aliphatic carbocycles. The van der Waals surface area contributed by atoms with Crippen LogP contribution in [0.15, 0.2) is 18.3 Å². The first-order valence-corrected chi connectivity index (χ1v) is 6.26. The van der Waals surface area contributed by atoms with Gasteiger partial charge in [0, 0.05) is 23.5 Å². The van der Waals surface area contributed by atoms with E-state index >= 15 is 0 Å². The second-order valence-electron chi connectivity index (χ2n) is 5.20. The predicted octanol–water partition coefficient (Wildman–Crippen LogP) is 2.82. The average Bonchev–Trinajstić information content (AvgIpc) is 2.70. The molecule has 17 heavy (non-hydrogen) atoms. The van der Waals surface area contributed by atoms with Gasteiger partial charge < -0.3 is 10.3 Å². The Morgan fingerprint density at radius 3 is 3.00 bits per heavy atom. The van der Waals surface area contributed by atoms with Crippen molar-refractivity contribution in [1.82, 2.24) is 10.3 Å². The van der Waals surface area contributed by atoms with Crippen molar-refractivity contribution >= 4 is 22.5 Å². The minimum atomic E-state index is -0.261. The summed E-state index contributed by atoms with van der Waals surface area (Å²) >= 11 is 6.05. The number of piperidine rings is 1. The third-order valence-electron chi connectivity index (χ3n) is 4.31. The van der Waals surface area contributed by atoms with Gasteiger partial charge in [-0.3, -0.25) is 0 Å². The first kappa shape index (κ1) is 9.92.